The maximum absolute atomic E-state index is 13.7. The third-order valence-electron chi connectivity index (χ3n) is 3.11. The molecular weight excluding hydrogens is 349 g/mol. The van der Waals surface area contributed by atoms with E-state index in [9.17, 15) is 19.3 Å². The number of amides is 1. The first kappa shape index (κ1) is 18.3. The number of nitrogens with zero attached hydrogens (tertiary/aromatic N) is 1. The van der Waals surface area contributed by atoms with Gasteiger partial charge in [-0.1, -0.05) is 18.2 Å². The second kappa shape index (κ2) is 8.15. The predicted octanol–water partition coefficient (Wildman–Crippen LogP) is 2.93. The summed E-state index contributed by atoms with van der Waals surface area (Å²) in [7, 11) is 0. The largest absolute Gasteiger partial charge is 0.483 e. The molecule has 0 heterocycles. The number of nitro benzene ring substituents is 1. The van der Waals surface area contributed by atoms with E-state index in [4.69, 9.17) is 17.0 Å². The van der Waals surface area contributed by atoms with Crippen molar-refractivity contribution in [2.24, 2.45) is 0 Å². The van der Waals surface area contributed by atoms with Gasteiger partial charge < -0.3 is 10.1 Å². The van der Waals surface area contributed by atoms with Crippen molar-refractivity contribution >= 4 is 34.6 Å². The highest BCUT2D eigenvalue weighted by Crippen LogP contribution is 2.21. The Morgan fingerprint density at radius 2 is 2.04 bits per heavy atom. The molecule has 2 N–H and O–H groups in total. The van der Waals surface area contributed by atoms with E-state index < -0.39 is 16.6 Å². The number of halogens is 1. The number of benzene rings is 2. The number of rotatable bonds is 5. The number of nitrogens with one attached hydrogen (secondary N) is 2. The average molecular weight is 363 g/mol. The van der Waals surface area contributed by atoms with Crippen molar-refractivity contribution in [2.75, 3.05) is 11.9 Å². The minimum atomic E-state index is -0.738. The molecule has 25 heavy (non-hydrogen) atoms. The van der Waals surface area contributed by atoms with Gasteiger partial charge in [0.15, 0.2) is 11.7 Å². The van der Waals surface area contributed by atoms with E-state index in [0.29, 0.717) is 5.75 Å². The van der Waals surface area contributed by atoms with Gasteiger partial charge in [0.05, 0.1) is 10.6 Å². The monoisotopic (exact) mass is 363 g/mol. The molecule has 0 atom stereocenters. The SMILES string of the molecule is Cc1ccccc1OCC(=O)NC(=S)Nc1cc([N+](=O)[O-])ccc1F. The zero-order valence-corrected chi connectivity index (χ0v) is 13.9. The van der Waals surface area contributed by atoms with Gasteiger partial charge in [-0.05, 0) is 36.8 Å². The number of anilines is 1. The topological polar surface area (TPSA) is 93.5 Å². The Kier molecular flexibility index (Phi) is 5.96. The van der Waals surface area contributed by atoms with Gasteiger partial charge in [0.1, 0.15) is 11.6 Å². The average Bonchev–Trinajstić information content (AvgIpc) is 2.55. The van der Waals surface area contributed by atoms with Gasteiger partial charge in [0.2, 0.25) is 0 Å². The molecule has 0 saturated heterocycles. The van der Waals surface area contributed by atoms with Crippen LogP contribution in [0.4, 0.5) is 15.8 Å². The molecule has 0 bridgehead atoms. The third kappa shape index (κ3) is 5.21. The maximum atomic E-state index is 13.7. The first-order valence-electron chi connectivity index (χ1n) is 7.10. The molecule has 2 aromatic rings. The van der Waals surface area contributed by atoms with E-state index in [1.54, 1.807) is 12.1 Å². The predicted molar refractivity (Wildman–Crippen MR) is 94.1 cm³/mol. The summed E-state index contributed by atoms with van der Waals surface area (Å²) in [4.78, 5) is 21.9. The number of carbonyl (C=O) groups is 1. The van der Waals surface area contributed by atoms with Crippen molar-refractivity contribution in [3.05, 3.63) is 64.0 Å². The number of aryl methyl sites for hydroxylation is 1. The van der Waals surface area contributed by atoms with Crippen molar-refractivity contribution in [3.63, 3.8) is 0 Å². The highest BCUT2D eigenvalue weighted by molar-refractivity contribution is 7.80. The number of hydrogen-bond donors (Lipinski definition) is 2. The van der Waals surface area contributed by atoms with Crippen molar-refractivity contribution in [2.45, 2.75) is 6.92 Å². The molecular formula is C16H14FN3O4S. The summed E-state index contributed by atoms with van der Waals surface area (Å²) in [5, 5.41) is 15.2. The fourth-order valence-corrected chi connectivity index (χ4v) is 2.12. The zero-order chi connectivity index (χ0) is 18.4. The van der Waals surface area contributed by atoms with Crippen LogP contribution in [0.15, 0.2) is 42.5 Å². The van der Waals surface area contributed by atoms with Crippen LogP contribution >= 0.6 is 12.2 Å². The van der Waals surface area contributed by atoms with Gasteiger partial charge in [0, 0.05) is 12.1 Å². The van der Waals surface area contributed by atoms with E-state index in [2.05, 4.69) is 10.6 Å². The number of para-hydroxylation sites is 1. The van der Waals surface area contributed by atoms with Gasteiger partial charge in [-0.25, -0.2) is 4.39 Å². The second-order valence-electron chi connectivity index (χ2n) is 4.98. The van der Waals surface area contributed by atoms with Crippen LogP contribution in [0.2, 0.25) is 0 Å². The Morgan fingerprint density at radius 3 is 2.72 bits per heavy atom. The smallest absolute Gasteiger partial charge is 0.271 e. The van der Waals surface area contributed by atoms with Crippen LogP contribution in [0.3, 0.4) is 0 Å². The standard InChI is InChI=1S/C16H14FN3O4S/c1-10-4-2-3-5-14(10)24-9-15(21)19-16(25)18-13-8-11(20(22)23)6-7-12(13)17/h2-8H,9H2,1H3,(H2,18,19,21,25). The molecule has 130 valence electrons. The molecule has 0 radical (unpaired) electrons. The summed E-state index contributed by atoms with van der Waals surface area (Å²) >= 11 is 4.90. The maximum Gasteiger partial charge on any atom is 0.271 e. The van der Waals surface area contributed by atoms with Crippen molar-refractivity contribution < 1.29 is 18.8 Å². The summed E-state index contributed by atoms with van der Waals surface area (Å²) in [6.45, 7) is 1.55. The molecule has 1 amide bonds. The summed E-state index contributed by atoms with van der Waals surface area (Å²) in [6.07, 6.45) is 0. The van der Waals surface area contributed by atoms with E-state index in [1.165, 1.54) is 0 Å². The molecule has 0 aromatic heterocycles. The molecule has 2 rings (SSSR count). The Hall–Kier alpha value is -3.07. The number of nitro groups is 1. The van der Waals surface area contributed by atoms with Gasteiger partial charge >= 0.3 is 0 Å². The van der Waals surface area contributed by atoms with Crippen LogP contribution < -0.4 is 15.4 Å². The summed E-state index contributed by atoms with van der Waals surface area (Å²) < 4.78 is 19.0. The minimum Gasteiger partial charge on any atom is -0.483 e. The Balaban J connectivity index is 1.92. The quantitative estimate of drug-likeness (QED) is 0.482. The minimum absolute atomic E-state index is 0.196. The summed E-state index contributed by atoms with van der Waals surface area (Å²) in [5.41, 5.74) is 0.356. The molecule has 0 saturated carbocycles. The molecule has 0 unspecified atom stereocenters. The van der Waals surface area contributed by atoms with Crippen LogP contribution in [0.1, 0.15) is 5.56 Å². The molecule has 9 heteroatoms. The highest BCUT2D eigenvalue weighted by Gasteiger charge is 2.13. The first-order chi connectivity index (χ1) is 11.9. The number of thiocarbonyl (C=S) groups is 1. The number of hydrogen-bond acceptors (Lipinski definition) is 5. The molecule has 0 aliphatic rings. The van der Waals surface area contributed by atoms with Crippen molar-refractivity contribution in [3.8, 4) is 5.75 Å². The van der Waals surface area contributed by atoms with E-state index in [1.807, 2.05) is 19.1 Å². The molecule has 0 aliphatic heterocycles. The molecule has 7 nitrogen and oxygen atoms in total. The lowest BCUT2D eigenvalue weighted by atomic mass is 10.2. The van der Waals surface area contributed by atoms with Crippen LogP contribution in [0.25, 0.3) is 0 Å². The second-order valence-corrected chi connectivity index (χ2v) is 5.39. The van der Waals surface area contributed by atoms with Crippen LogP contribution in [-0.2, 0) is 4.79 Å². The van der Waals surface area contributed by atoms with Gasteiger partial charge in [0.25, 0.3) is 11.6 Å². The highest BCUT2D eigenvalue weighted by atomic mass is 32.1. The fraction of sp³-hybridized carbons (Fsp3) is 0.125. The summed E-state index contributed by atoms with van der Waals surface area (Å²) in [5.74, 6) is -0.730. The van der Waals surface area contributed by atoms with Crippen LogP contribution in [0, 0.1) is 22.9 Å². The molecule has 0 aliphatic carbocycles. The Labute approximate surface area is 148 Å². The number of ether oxygens (including phenoxy) is 1. The fourth-order valence-electron chi connectivity index (χ4n) is 1.90. The van der Waals surface area contributed by atoms with Crippen LogP contribution in [0.5, 0.6) is 5.75 Å². The lowest BCUT2D eigenvalue weighted by Gasteiger charge is -2.11. The molecule has 2 aromatic carbocycles. The first-order valence-corrected chi connectivity index (χ1v) is 7.51. The van der Waals surface area contributed by atoms with Crippen molar-refractivity contribution in [1.82, 2.24) is 5.32 Å². The number of carbonyl (C=O) groups excluding carboxylic acids is 1. The van der Waals surface area contributed by atoms with E-state index in [0.717, 1.165) is 23.8 Å². The number of non-ortho nitro benzene ring substituents is 1. The van der Waals surface area contributed by atoms with Gasteiger partial charge in [-0.3, -0.25) is 20.2 Å². The van der Waals surface area contributed by atoms with E-state index in [-0.39, 0.29) is 23.1 Å². The van der Waals surface area contributed by atoms with E-state index >= 15 is 0 Å². The van der Waals surface area contributed by atoms with Gasteiger partial charge in [-0.2, -0.15) is 0 Å². The van der Waals surface area contributed by atoms with Crippen molar-refractivity contribution in [1.29, 1.82) is 0 Å². The molecule has 0 spiro atoms. The lowest BCUT2D eigenvalue weighted by molar-refractivity contribution is -0.384. The Bertz CT molecular complexity index is 829. The Morgan fingerprint density at radius 1 is 1.32 bits per heavy atom. The zero-order valence-electron chi connectivity index (χ0n) is 13.1. The molecule has 0 fully saturated rings. The lowest BCUT2D eigenvalue weighted by Crippen LogP contribution is -2.37. The van der Waals surface area contributed by atoms with Gasteiger partial charge in [-0.15, -0.1) is 0 Å². The summed E-state index contributed by atoms with van der Waals surface area (Å²) in [6, 6.07) is 10.1. The van der Waals surface area contributed by atoms with Crippen LogP contribution in [-0.4, -0.2) is 22.5 Å². The third-order valence-corrected chi connectivity index (χ3v) is 3.32. The normalized spacial score (nSPS) is 10.0.